The quantitative estimate of drug-likeness (QED) is 0.828. The molecule has 0 fully saturated rings. The Morgan fingerprint density at radius 2 is 2.00 bits per heavy atom. The summed E-state index contributed by atoms with van der Waals surface area (Å²) in [6, 6.07) is 6.30. The lowest BCUT2D eigenvalue weighted by Gasteiger charge is -2.09. The summed E-state index contributed by atoms with van der Waals surface area (Å²) in [4.78, 5) is 26.0. The van der Waals surface area contributed by atoms with E-state index < -0.39 is 11.9 Å². The second-order valence-corrected chi connectivity index (χ2v) is 5.12. The van der Waals surface area contributed by atoms with Gasteiger partial charge < -0.3 is 9.84 Å². The summed E-state index contributed by atoms with van der Waals surface area (Å²) in [5.74, 6) is -1.63. The molecule has 0 saturated heterocycles. The molecular weight excluding hydrogens is 284 g/mol. The molecule has 116 valence electrons. The van der Waals surface area contributed by atoms with Gasteiger partial charge in [0.15, 0.2) is 0 Å². The van der Waals surface area contributed by atoms with E-state index in [1.165, 1.54) is 11.1 Å². The van der Waals surface area contributed by atoms with Gasteiger partial charge in [-0.2, -0.15) is 0 Å². The van der Waals surface area contributed by atoms with Crippen molar-refractivity contribution in [3.63, 3.8) is 0 Å². The SMILES string of the molecule is Cc1ccc(Cn2ccnc2OC(=O)CCC(=O)O)cc1C. The average molecular weight is 302 g/mol. The third kappa shape index (κ3) is 4.18. The standard InChI is InChI=1S/C16H18N2O4/c1-11-3-4-13(9-12(11)2)10-18-8-7-17-16(18)22-15(21)6-5-14(19)20/h3-4,7-9H,5-6,10H2,1-2H3,(H,19,20). The summed E-state index contributed by atoms with van der Waals surface area (Å²) in [5, 5.41) is 8.56. The molecule has 0 unspecified atom stereocenters. The van der Waals surface area contributed by atoms with E-state index in [0.717, 1.165) is 5.56 Å². The number of ether oxygens (including phenoxy) is 1. The van der Waals surface area contributed by atoms with Crippen LogP contribution in [0.25, 0.3) is 0 Å². The molecule has 0 bridgehead atoms. The fourth-order valence-electron chi connectivity index (χ4n) is 1.98. The van der Waals surface area contributed by atoms with Crippen molar-refractivity contribution < 1.29 is 19.4 Å². The Balaban J connectivity index is 2.04. The second-order valence-electron chi connectivity index (χ2n) is 5.12. The minimum atomic E-state index is -1.03. The van der Waals surface area contributed by atoms with Crippen molar-refractivity contribution in [3.8, 4) is 6.01 Å². The minimum Gasteiger partial charge on any atom is -0.481 e. The van der Waals surface area contributed by atoms with E-state index in [0.29, 0.717) is 6.54 Å². The van der Waals surface area contributed by atoms with Gasteiger partial charge in [-0.25, -0.2) is 4.98 Å². The number of aromatic nitrogens is 2. The highest BCUT2D eigenvalue weighted by atomic mass is 16.5. The molecule has 0 aliphatic rings. The van der Waals surface area contributed by atoms with Gasteiger partial charge in [-0.1, -0.05) is 18.2 Å². The van der Waals surface area contributed by atoms with E-state index in [1.807, 2.05) is 26.0 Å². The predicted molar refractivity (Wildman–Crippen MR) is 79.7 cm³/mol. The number of esters is 1. The third-order valence-electron chi connectivity index (χ3n) is 3.35. The van der Waals surface area contributed by atoms with Crippen LogP contribution < -0.4 is 4.74 Å². The second kappa shape index (κ2) is 6.89. The number of carbonyl (C=O) groups is 2. The first kappa shape index (κ1) is 15.8. The summed E-state index contributed by atoms with van der Waals surface area (Å²) < 4.78 is 6.82. The van der Waals surface area contributed by atoms with Gasteiger partial charge in [-0.15, -0.1) is 0 Å². The molecule has 1 aromatic heterocycles. The molecular formula is C16H18N2O4. The molecule has 0 saturated carbocycles. The first-order valence-corrected chi connectivity index (χ1v) is 6.95. The maximum Gasteiger partial charge on any atom is 0.314 e. The van der Waals surface area contributed by atoms with Gasteiger partial charge in [0.2, 0.25) is 0 Å². The van der Waals surface area contributed by atoms with Crippen LogP contribution in [0.5, 0.6) is 6.01 Å². The Morgan fingerprint density at radius 3 is 2.68 bits per heavy atom. The monoisotopic (exact) mass is 302 g/mol. The summed E-state index contributed by atoms with van der Waals surface area (Å²) in [6.45, 7) is 4.62. The molecule has 0 aliphatic heterocycles. The highest BCUT2D eigenvalue weighted by Crippen LogP contribution is 2.15. The van der Waals surface area contributed by atoms with Gasteiger partial charge in [-0.05, 0) is 30.5 Å². The van der Waals surface area contributed by atoms with Crippen molar-refractivity contribution in [1.29, 1.82) is 0 Å². The maximum absolute atomic E-state index is 11.6. The molecule has 2 rings (SSSR count). The lowest BCUT2D eigenvalue weighted by Crippen LogP contribution is -2.13. The molecule has 0 spiro atoms. The molecule has 1 N–H and O–H groups in total. The van der Waals surface area contributed by atoms with Gasteiger partial charge in [0, 0.05) is 12.4 Å². The first-order chi connectivity index (χ1) is 10.5. The Hall–Kier alpha value is -2.63. The normalized spacial score (nSPS) is 10.5. The van der Waals surface area contributed by atoms with Gasteiger partial charge in [-0.3, -0.25) is 14.2 Å². The lowest BCUT2D eigenvalue weighted by molar-refractivity contribution is -0.142. The topological polar surface area (TPSA) is 81.4 Å². The molecule has 0 aliphatic carbocycles. The van der Waals surface area contributed by atoms with Crippen molar-refractivity contribution in [2.45, 2.75) is 33.2 Å². The van der Waals surface area contributed by atoms with Crippen LogP contribution in [0.1, 0.15) is 29.5 Å². The van der Waals surface area contributed by atoms with Crippen LogP contribution in [-0.2, 0) is 16.1 Å². The lowest BCUT2D eigenvalue weighted by atomic mass is 10.1. The highest BCUT2D eigenvalue weighted by molar-refractivity contribution is 5.77. The molecule has 0 amide bonds. The van der Waals surface area contributed by atoms with E-state index in [4.69, 9.17) is 9.84 Å². The maximum atomic E-state index is 11.6. The zero-order chi connectivity index (χ0) is 16.1. The number of hydrogen-bond donors (Lipinski definition) is 1. The van der Waals surface area contributed by atoms with Crippen LogP contribution in [0.2, 0.25) is 0 Å². The number of carbonyl (C=O) groups excluding carboxylic acids is 1. The van der Waals surface area contributed by atoms with Crippen molar-refractivity contribution >= 4 is 11.9 Å². The van der Waals surface area contributed by atoms with E-state index in [2.05, 4.69) is 11.1 Å². The van der Waals surface area contributed by atoms with Crippen molar-refractivity contribution in [3.05, 3.63) is 47.3 Å². The Kier molecular flexibility index (Phi) is 4.93. The molecule has 22 heavy (non-hydrogen) atoms. The molecule has 2 aromatic rings. The molecule has 6 nitrogen and oxygen atoms in total. The predicted octanol–water partition coefficient (Wildman–Crippen LogP) is 2.32. The fourth-order valence-corrected chi connectivity index (χ4v) is 1.98. The number of carboxylic acid groups (broad SMARTS) is 1. The van der Waals surface area contributed by atoms with Gasteiger partial charge >= 0.3 is 17.9 Å². The van der Waals surface area contributed by atoms with Gasteiger partial charge in [0.1, 0.15) is 0 Å². The van der Waals surface area contributed by atoms with E-state index in [9.17, 15) is 9.59 Å². The average Bonchev–Trinajstić information content (AvgIpc) is 2.88. The highest BCUT2D eigenvalue weighted by Gasteiger charge is 2.12. The van der Waals surface area contributed by atoms with Gasteiger partial charge in [0.05, 0.1) is 19.4 Å². The molecule has 6 heteroatoms. The summed E-state index contributed by atoms with van der Waals surface area (Å²) in [6.07, 6.45) is 2.83. The summed E-state index contributed by atoms with van der Waals surface area (Å²) in [7, 11) is 0. The van der Waals surface area contributed by atoms with Crippen LogP contribution in [0.4, 0.5) is 0 Å². The van der Waals surface area contributed by atoms with Gasteiger partial charge in [0.25, 0.3) is 0 Å². The van der Waals surface area contributed by atoms with Crippen LogP contribution in [0, 0.1) is 13.8 Å². The van der Waals surface area contributed by atoms with Crippen molar-refractivity contribution in [2.75, 3.05) is 0 Å². The number of hydrogen-bond acceptors (Lipinski definition) is 4. The van der Waals surface area contributed by atoms with Crippen LogP contribution >= 0.6 is 0 Å². The Bertz CT molecular complexity index is 691. The number of nitrogens with zero attached hydrogens (tertiary/aromatic N) is 2. The number of carboxylic acids is 1. The Labute approximate surface area is 128 Å². The van der Waals surface area contributed by atoms with E-state index in [1.54, 1.807) is 17.0 Å². The zero-order valence-electron chi connectivity index (χ0n) is 12.6. The van der Waals surface area contributed by atoms with Crippen molar-refractivity contribution in [2.24, 2.45) is 0 Å². The number of aryl methyl sites for hydroxylation is 2. The smallest absolute Gasteiger partial charge is 0.314 e. The van der Waals surface area contributed by atoms with Crippen molar-refractivity contribution in [1.82, 2.24) is 9.55 Å². The summed E-state index contributed by atoms with van der Waals surface area (Å²) >= 11 is 0. The fraction of sp³-hybridized carbons (Fsp3) is 0.312. The molecule has 0 atom stereocenters. The van der Waals surface area contributed by atoms with Crippen LogP contribution in [-0.4, -0.2) is 26.6 Å². The summed E-state index contributed by atoms with van der Waals surface area (Å²) in [5.41, 5.74) is 3.48. The molecule has 1 aromatic carbocycles. The molecule has 0 radical (unpaired) electrons. The number of imidazole rings is 1. The number of benzene rings is 1. The first-order valence-electron chi connectivity index (χ1n) is 6.95. The Morgan fingerprint density at radius 1 is 1.23 bits per heavy atom. The number of rotatable bonds is 6. The largest absolute Gasteiger partial charge is 0.481 e. The van der Waals surface area contributed by atoms with E-state index in [-0.39, 0.29) is 18.9 Å². The van der Waals surface area contributed by atoms with Crippen LogP contribution in [0.15, 0.2) is 30.6 Å². The zero-order valence-corrected chi connectivity index (χ0v) is 12.6. The van der Waals surface area contributed by atoms with Crippen LogP contribution in [0.3, 0.4) is 0 Å². The number of aliphatic carboxylic acids is 1. The third-order valence-corrected chi connectivity index (χ3v) is 3.35. The molecule has 1 heterocycles. The minimum absolute atomic E-state index is 0.175. The van der Waals surface area contributed by atoms with E-state index >= 15 is 0 Å².